The van der Waals surface area contributed by atoms with Gasteiger partial charge in [0.05, 0.1) is 6.04 Å². The third-order valence-electron chi connectivity index (χ3n) is 5.98. The Hall–Kier alpha value is -4.03. The molecule has 3 atom stereocenters. The van der Waals surface area contributed by atoms with Crippen LogP contribution in [0, 0.1) is 5.41 Å². The molecule has 0 aromatic carbocycles. The Kier molecular flexibility index (Phi) is 8.56. The van der Waals surface area contributed by atoms with E-state index in [0.29, 0.717) is 19.5 Å². The Morgan fingerprint density at radius 3 is 2.58 bits per heavy atom. The van der Waals surface area contributed by atoms with E-state index < -0.39 is 35.8 Å². The highest BCUT2D eigenvalue weighted by Crippen LogP contribution is 2.28. The van der Waals surface area contributed by atoms with E-state index in [2.05, 4.69) is 9.97 Å². The number of amides is 1. The van der Waals surface area contributed by atoms with Gasteiger partial charge in [0.25, 0.3) is 0 Å². The summed E-state index contributed by atoms with van der Waals surface area (Å²) in [5.74, 6) is -2.33. The van der Waals surface area contributed by atoms with Crippen LogP contribution in [0.4, 0.5) is 5.82 Å². The average molecular weight is 498 g/mol. The number of nitrogens with one attached hydrogen (secondary N) is 2. The van der Waals surface area contributed by atoms with Crippen molar-refractivity contribution in [3.8, 4) is 0 Å². The molecule has 8 N–H and O–H groups in total. The first-order valence-corrected chi connectivity index (χ1v) is 11.5. The van der Waals surface area contributed by atoms with Gasteiger partial charge in [-0.25, -0.2) is 4.79 Å². The van der Waals surface area contributed by atoms with Crippen LogP contribution in [0.3, 0.4) is 0 Å². The van der Waals surface area contributed by atoms with Crippen LogP contribution >= 0.6 is 0 Å². The standard InChI is InChI=1S/C24H31N7O5/c1-2-3-19(32)31(20(23(35)36)22(34)15-4-7-28-8-5-15)18-11-16(12-29-18)21(33)17(25)10-14-6-9-30(13-14)24(26)27/h4-8,11-12,17,20,22,29,34H,2-3,9-10,13,25H2,1H3,(H3,26,27)(H,35,36). The summed E-state index contributed by atoms with van der Waals surface area (Å²) < 4.78 is 0. The Morgan fingerprint density at radius 2 is 2.00 bits per heavy atom. The lowest BCUT2D eigenvalue weighted by atomic mass is 9.99. The SMILES string of the molecule is CCCC(=O)N(c1cc(C(=O)C(N)CC2=CCN(C(=N)N)C2)c[nH]1)C(C(=O)O)C(O)c1ccncc1. The van der Waals surface area contributed by atoms with Gasteiger partial charge in [0.15, 0.2) is 17.8 Å². The fraction of sp³-hybridized carbons (Fsp3) is 0.375. The number of nitrogens with zero attached hydrogens (tertiary/aromatic N) is 3. The zero-order valence-electron chi connectivity index (χ0n) is 19.9. The minimum absolute atomic E-state index is 0.0372. The molecule has 2 aromatic rings. The number of carboxylic acid groups (broad SMARTS) is 1. The number of aromatic nitrogens is 2. The van der Waals surface area contributed by atoms with Crippen molar-refractivity contribution >= 4 is 29.4 Å². The fourth-order valence-electron chi connectivity index (χ4n) is 4.10. The van der Waals surface area contributed by atoms with Gasteiger partial charge < -0.3 is 31.6 Å². The quantitative estimate of drug-likeness (QED) is 0.112. The number of ketones is 1. The van der Waals surface area contributed by atoms with Gasteiger partial charge in [-0.2, -0.15) is 0 Å². The van der Waals surface area contributed by atoms with Gasteiger partial charge in [0.2, 0.25) is 5.91 Å². The number of aliphatic hydroxyl groups is 1. The van der Waals surface area contributed by atoms with Crippen LogP contribution in [0.15, 0.2) is 48.4 Å². The van der Waals surface area contributed by atoms with Crippen LogP contribution in [0.5, 0.6) is 0 Å². The third kappa shape index (κ3) is 5.96. The maximum absolute atomic E-state index is 13.0. The van der Waals surface area contributed by atoms with Crippen molar-refractivity contribution in [1.29, 1.82) is 5.41 Å². The van der Waals surface area contributed by atoms with Crippen LogP contribution in [0.25, 0.3) is 0 Å². The molecule has 192 valence electrons. The molecule has 0 saturated heterocycles. The van der Waals surface area contributed by atoms with Crippen LogP contribution in [0.2, 0.25) is 0 Å². The number of carboxylic acids is 1. The van der Waals surface area contributed by atoms with E-state index in [0.717, 1.165) is 10.5 Å². The molecular weight excluding hydrogens is 466 g/mol. The molecule has 0 radical (unpaired) electrons. The number of anilines is 1. The van der Waals surface area contributed by atoms with Gasteiger partial charge in [-0.15, -0.1) is 0 Å². The number of aromatic amines is 1. The summed E-state index contributed by atoms with van der Waals surface area (Å²) in [6, 6.07) is 1.77. The number of H-pyrrole nitrogens is 1. The molecule has 0 bridgehead atoms. The first-order valence-electron chi connectivity index (χ1n) is 11.5. The lowest BCUT2D eigenvalue weighted by Gasteiger charge is -2.31. The summed E-state index contributed by atoms with van der Waals surface area (Å²) >= 11 is 0. The van der Waals surface area contributed by atoms with Gasteiger partial charge in [0.1, 0.15) is 11.9 Å². The van der Waals surface area contributed by atoms with Crippen LogP contribution in [-0.2, 0) is 9.59 Å². The average Bonchev–Trinajstić information content (AvgIpc) is 3.52. The highest BCUT2D eigenvalue weighted by Gasteiger charge is 2.38. The van der Waals surface area contributed by atoms with Crippen LogP contribution < -0.4 is 16.4 Å². The Labute approximate surface area is 208 Å². The van der Waals surface area contributed by atoms with Gasteiger partial charge >= 0.3 is 5.97 Å². The second-order valence-electron chi connectivity index (χ2n) is 8.60. The first kappa shape index (κ1) is 26.6. The maximum Gasteiger partial charge on any atom is 0.329 e. The van der Waals surface area contributed by atoms with Crippen molar-refractivity contribution in [3.63, 3.8) is 0 Å². The molecule has 36 heavy (non-hydrogen) atoms. The largest absolute Gasteiger partial charge is 0.480 e. The first-order chi connectivity index (χ1) is 17.1. The van der Waals surface area contributed by atoms with Crippen molar-refractivity contribution in [2.75, 3.05) is 18.0 Å². The molecule has 0 aliphatic carbocycles. The highest BCUT2D eigenvalue weighted by molar-refractivity contribution is 6.03. The monoisotopic (exact) mass is 497 g/mol. The molecule has 0 fully saturated rings. The van der Waals surface area contributed by atoms with E-state index in [1.54, 1.807) is 11.8 Å². The topological polar surface area (TPSA) is 203 Å². The zero-order chi connectivity index (χ0) is 26.4. The molecule has 1 amide bonds. The van der Waals surface area contributed by atoms with E-state index in [9.17, 15) is 24.6 Å². The van der Waals surface area contributed by atoms with Crippen molar-refractivity contribution < 1.29 is 24.6 Å². The van der Waals surface area contributed by atoms with Gasteiger partial charge in [-0.1, -0.05) is 18.6 Å². The van der Waals surface area contributed by atoms with E-state index in [1.807, 2.05) is 6.08 Å². The maximum atomic E-state index is 13.0. The number of hydrogen-bond acceptors (Lipinski definition) is 7. The summed E-state index contributed by atoms with van der Waals surface area (Å²) in [6.07, 6.45) is 5.28. The predicted octanol–water partition coefficient (Wildman–Crippen LogP) is 0.765. The molecule has 3 rings (SSSR count). The zero-order valence-corrected chi connectivity index (χ0v) is 19.9. The van der Waals surface area contributed by atoms with Crippen LogP contribution in [0.1, 0.15) is 48.2 Å². The number of Topliss-reactive ketones (excluding diaryl/α,β-unsaturated/α-hetero) is 1. The number of aliphatic hydroxyl groups excluding tert-OH is 1. The van der Waals surface area contributed by atoms with E-state index >= 15 is 0 Å². The summed E-state index contributed by atoms with van der Waals surface area (Å²) in [5.41, 5.74) is 13.0. The molecule has 12 nitrogen and oxygen atoms in total. The minimum Gasteiger partial charge on any atom is -0.480 e. The van der Waals surface area contributed by atoms with Gasteiger partial charge in [-0.3, -0.25) is 24.9 Å². The second-order valence-corrected chi connectivity index (χ2v) is 8.60. The molecular formula is C24H31N7O5. The molecule has 3 unspecified atom stereocenters. The predicted molar refractivity (Wildman–Crippen MR) is 132 cm³/mol. The summed E-state index contributed by atoms with van der Waals surface area (Å²) in [4.78, 5) is 47.6. The lowest BCUT2D eigenvalue weighted by Crippen LogP contribution is -2.49. The molecule has 1 aliphatic heterocycles. The molecule has 0 spiro atoms. The lowest BCUT2D eigenvalue weighted by molar-refractivity contribution is -0.143. The van der Waals surface area contributed by atoms with Crippen molar-refractivity contribution in [1.82, 2.24) is 14.9 Å². The van der Waals surface area contributed by atoms with Crippen molar-refractivity contribution in [2.24, 2.45) is 11.5 Å². The number of carbonyl (C=O) groups excluding carboxylic acids is 2. The third-order valence-corrected chi connectivity index (χ3v) is 5.98. The Balaban J connectivity index is 1.84. The van der Waals surface area contributed by atoms with Crippen molar-refractivity contribution in [2.45, 2.75) is 44.4 Å². The normalized spacial score (nSPS) is 15.6. The molecule has 12 heteroatoms. The van der Waals surface area contributed by atoms with Crippen molar-refractivity contribution in [3.05, 3.63) is 59.6 Å². The molecule has 2 aromatic heterocycles. The minimum atomic E-state index is -1.65. The number of aliphatic carboxylic acids is 1. The fourth-order valence-corrected chi connectivity index (χ4v) is 4.10. The molecule has 0 saturated carbocycles. The van der Waals surface area contributed by atoms with Gasteiger partial charge in [-0.05, 0) is 36.6 Å². The summed E-state index contributed by atoms with van der Waals surface area (Å²) in [6.45, 7) is 2.67. The number of hydrogen-bond donors (Lipinski definition) is 6. The van der Waals surface area contributed by atoms with E-state index in [1.165, 1.54) is 36.8 Å². The molecule has 1 aliphatic rings. The number of rotatable bonds is 11. The second kappa shape index (κ2) is 11.6. The number of carbonyl (C=O) groups is 3. The number of guanidine groups is 1. The molecule has 3 heterocycles. The number of pyridine rings is 1. The van der Waals surface area contributed by atoms with E-state index in [4.69, 9.17) is 16.9 Å². The van der Waals surface area contributed by atoms with Gasteiger partial charge in [0, 0.05) is 43.7 Å². The summed E-state index contributed by atoms with van der Waals surface area (Å²) in [7, 11) is 0. The van der Waals surface area contributed by atoms with Crippen LogP contribution in [-0.4, -0.2) is 73.9 Å². The summed E-state index contributed by atoms with van der Waals surface area (Å²) in [5, 5.41) is 28.4. The van der Waals surface area contributed by atoms with E-state index in [-0.39, 0.29) is 35.7 Å². The Bertz CT molecular complexity index is 1150. The number of nitrogens with two attached hydrogens (primary N) is 2. The highest BCUT2D eigenvalue weighted by atomic mass is 16.4. The smallest absolute Gasteiger partial charge is 0.329 e. The Morgan fingerprint density at radius 1 is 1.31 bits per heavy atom.